The summed E-state index contributed by atoms with van der Waals surface area (Å²) in [6, 6.07) is 0. The lowest BCUT2D eigenvalue weighted by atomic mass is 9.99. The van der Waals surface area contributed by atoms with Crippen LogP contribution < -0.4 is 0 Å². The smallest absolute Gasteiger partial charge is 0.306 e. The van der Waals surface area contributed by atoms with E-state index in [2.05, 4.69) is 13.8 Å². The minimum absolute atomic E-state index is 0.106. The first-order chi connectivity index (χ1) is 25.9. The van der Waals surface area contributed by atoms with E-state index < -0.39 is 43.4 Å². The molecule has 0 spiro atoms. The van der Waals surface area contributed by atoms with Gasteiger partial charge in [-0.05, 0) is 12.8 Å². The first-order valence-electron chi connectivity index (χ1n) is 22.6. The molecule has 1 heterocycles. The fourth-order valence-corrected chi connectivity index (χ4v) is 7.20. The highest BCUT2D eigenvalue weighted by Gasteiger charge is 2.44. The molecule has 0 radical (unpaired) electrons. The first kappa shape index (κ1) is 50.2. The van der Waals surface area contributed by atoms with Gasteiger partial charge in [0.25, 0.3) is 0 Å². The molecule has 9 nitrogen and oxygen atoms in total. The van der Waals surface area contributed by atoms with Crippen LogP contribution in [0.2, 0.25) is 0 Å². The third-order valence-corrected chi connectivity index (χ3v) is 10.8. The molecule has 9 heteroatoms. The van der Waals surface area contributed by atoms with Crippen molar-refractivity contribution in [1.82, 2.24) is 0 Å². The van der Waals surface area contributed by atoms with Gasteiger partial charge in [0.15, 0.2) is 6.29 Å². The summed E-state index contributed by atoms with van der Waals surface area (Å²) < 4.78 is 22.7. The van der Waals surface area contributed by atoms with Crippen LogP contribution in [-0.2, 0) is 23.7 Å². The summed E-state index contributed by atoms with van der Waals surface area (Å²) in [5, 5.41) is 39.9. The second kappa shape index (κ2) is 36.8. The van der Waals surface area contributed by atoms with E-state index in [1.807, 2.05) is 0 Å². The van der Waals surface area contributed by atoms with Crippen molar-refractivity contribution in [2.45, 2.75) is 250 Å². The normalized spacial score (nSPS) is 20.9. The number of carbonyl (C=O) groups excluding carboxylic acids is 1. The summed E-state index contributed by atoms with van der Waals surface area (Å²) in [5.74, 6) is -0.310. The number of aliphatic hydroxyl groups excluding tert-OH is 4. The Bertz CT molecular complexity index is 782. The van der Waals surface area contributed by atoms with E-state index in [1.165, 1.54) is 161 Å². The number of aliphatic hydroxyl groups is 4. The zero-order valence-electron chi connectivity index (χ0n) is 34.5. The Kier molecular flexibility index (Phi) is 34.9. The van der Waals surface area contributed by atoms with E-state index in [-0.39, 0.29) is 19.2 Å². The fraction of sp³-hybridized carbons (Fsp3) is 0.977. The van der Waals surface area contributed by atoms with Crippen molar-refractivity contribution in [3.63, 3.8) is 0 Å². The molecule has 1 fully saturated rings. The van der Waals surface area contributed by atoms with Crippen molar-refractivity contribution in [2.75, 3.05) is 26.4 Å². The van der Waals surface area contributed by atoms with E-state index >= 15 is 0 Å². The van der Waals surface area contributed by atoms with Gasteiger partial charge in [-0.15, -0.1) is 0 Å². The lowest BCUT2D eigenvalue weighted by Gasteiger charge is -2.39. The van der Waals surface area contributed by atoms with Gasteiger partial charge < -0.3 is 39.4 Å². The molecule has 53 heavy (non-hydrogen) atoms. The van der Waals surface area contributed by atoms with Crippen molar-refractivity contribution in [2.24, 2.45) is 0 Å². The molecule has 1 rings (SSSR count). The van der Waals surface area contributed by atoms with Crippen molar-refractivity contribution in [3.05, 3.63) is 0 Å². The molecule has 316 valence electrons. The van der Waals surface area contributed by atoms with Crippen LogP contribution in [0, 0.1) is 0 Å². The van der Waals surface area contributed by atoms with E-state index in [9.17, 15) is 25.2 Å². The van der Waals surface area contributed by atoms with Crippen LogP contribution in [0.25, 0.3) is 0 Å². The fourth-order valence-electron chi connectivity index (χ4n) is 7.20. The Morgan fingerprint density at radius 3 is 1.34 bits per heavy atom. The molecular formula is C44H86O9. The summed E-state index contributed by atoms with van der Waals surface area (Å²) in [5.41, 5.74) is 0. The lowest BCUT2D eigenvalue weighted by Crippen LogP contribution is -2.59. The predicted molar refractivity (Wildman–Crippen MR) is 215 cm³/mol. The number of carbonyl (C=O) groups is 1. The third kappa shape index (κ3) is 28.3. The average molecular weight is 759 g/mol. The maximum Gasteiger partial charge on any atom is 0.306 e. The van der Waals surface area contributed by atoms with E-state index in [0.717, 1.165) is 32.1 Å². The van der Waals surface area contributed by atoms with E-state index in [0.29, 0.717) is 13.0 Å². The Hall–Kier alpha value is -0.810. The molecule has 0 bridgehead atoms. The quantitative estimate of drug-likeness (QED) is 0.0357. The van der Waals surface area contributed by atoms with Crippen molar-refractivity contribution in [3.8, 4) is 0 Å². The summed E-state index contributed by atoms with van der Waals surface area (Å²) in [6.45, 7) is 4.56. The van der Waals surface area contributed by atoms with Crippen LogP contribution in [0.15, 0.2) is 0 Å². The lowest BCUT2D eigenvalue weighted by molar-refractivity contribution is -0.305. The Morgan fingerprint density at radius 1 is 0.528 bits per heavy atom. The summed E-state index contributed by atoms with van der Waals surface area (Å²) >= 11 is 0. The van der Waals surface area contributed by atoms with E-state index in [1.54, 1.807) is 0 Å². The molecule has 1 aliphatic heterocycles. The molecule has 0 aromatic rings. The molecule has 4 N–H and O–H groups in total. The van der Waals surface area contributed by atoms with Crippen LogP contribution in [-0.4, -0.2) is 89.6 Å². The van der Waals surface area contributed by atoms with Gasteiger partial charge in [-0.1, -0.05) is 194 Å². The minimum atomic E-state index is -1.53. The zero-order chi connectivity index (χ0) is 38.6. The molecule has 0 aromatic carbocycles. The molecule has 6 unspecified atom stereocenters. The van der Waals surface area contributed by atoms with Crippen molar-refractivity contribution < 1.29 is 44.2 Å². The van der Waals surface area contributed by atoms with Crippen LogP contribution in [0.1, 0.15) is 213 Å². The second-order valence-corrected chi connectivity index (χ2v) is 15.9. The molecule has 0 amide bonds. The van der Waals surface area contributed by atoms with Crippen LogP contribution in [0.4, 0.5) is 0 Å². The van der Waals surface area contributed by atoms with Crippen molar-refractivity contribution >= 4 is 5.97 Å². The second-order valence-electron chi connectivity index (χ2n) is 15.9. The number of hydrogen-bond acceptors (Lipinski definition) is 9. The standard InChI is InChI=1S/C44H86O9/c1-3-5-7-9-11-12-13-14-15-16-17-18-19-20-21-22-23-24-25-26-27-29-31-33-40(46)52-38(36-50-34-32-30-28-10-8-6-4-2)37-51-44-43(49)42(48)41(47)39(35-45)53-44/h38-39,41-45,47-49H,3-37H2,1-2H3. The largest absolute Gasteiger partial charge is 0.457 e. The molecule has 1 aliphatic rings. The van der Waals surface area contributed by atoms with Gasteiger partial charge in [0.1, 0.15) is 30.5 Å². The first-order valence-corrected chi connectivity index (χ1v) is 22.6. The molecule has 6 atom stereocenters. The van der Waals surface area contributed by atoms with Gasteiger partial charge in [0, 0.05) is 13.0 Å². The maximum absolute atomic E-state index is 12.7. The van der Waals surface area contributed by atoms with Gasteiger partial charge in [0.05, 0.1) is 19.8 Å². The SMILES string of the molecule is CCCCCCCCCCCCCCCCCCCCCCCCCC(=O)OC(COCCCCCCCCC)COC1OC(CO)C(O)C(O)C1O. The maximum atomic E-state index is 12.7. The van der Waals surface area contributed by atoms with Crippen molar-refractivity contribution in [1.29, 1.82) is 0 Å². The highest BCUT2D eigenvalue weighted by molar-refractivity contribution is 5.69. The molecule has 0 saturated carbocycles. The number of hydrogen-bond donors (Lipinski definition) is 4. The van der Waals surface area contributed by atoms with Gasteiger partial charge in [-0.3, -0.25) is 4.79 Å². The topological polar surface area (TPSA) is 135 Å². The number of ether oxygens (including phenoxy) is 4. The van der Waals surface area contributed by atoms with Gasteiger partial charge >= 0.3 is 5.97 Å². The minimum Gasteiger partial charge on any atom is -0.457 e. The monoisotopic (exact) mass is 759 g/mol. The Morgan fingerprint density at radius 2 is 0.925 bits per heavy atom. The van der Waals surface area contributed by atoms with Gasteiger partial charge in [-0.2, -0.15) is 0 Å². The molecule has 1 saturated heterocycles. The summed E-state index contributed by atoms with van der Waals surface area (Å²) in [7, 11) is 0. The number of rotatable bonds is 39. The molecule has 0 aromatic heterocycles. The van der Waals surface area contributed by atoms with Crippen LogP contribution in [0.5, 0.6) is 0 Å². The van der Waals surface area contributed by atoms with Gasteiger partial charge in [-0.25, -0.2) is 0 Å². The Balaban J connectivity index is 2.12. The Labute approximate surface area is 325 Å². The van der Waals surface area contributed by atoms with E-state index in [4.69, 9.17) is 18.9 Å². The number of esters is 1. The predicted octanol–water partition coefficient (Wildman–Crippen LogP) is 9.86. The summed E-state index contributed by atoms with van der Waals surface area (Å²) in [4.78, 5) is 12.7. The van der Waals surface area contributed by atoms with Gasteiger partial charge in [0.2, 0.25) is 0 Å². The molecule has 0 aliphatic carbocycles. The van der Waals surface area contributed by atoms with Crippen LogP contribution >= 0.6 is 0 Å². The number of unbranched alkanes of at least 4 members (excludes halogenated alkanes) is 28. The molecular weight excluding hydrogens is 672 g/mol. The third-order valence-electron chi connectivity index (χ3n) is 10.8. The highest BCUT2D eigenvalue weighted by atomic mass is 16.7. The van der Waals surface area contributed by atoms with Crippen LogP contribution in [0.3, 0.4) is 0 Å². The average Bonchev–Trinajstić information content (AvgIpc) is 3.16. The zero-order valence-corrected chi connectivity index (χ0v) is 34.5. The summed E-state index contributed by atoms with van der Waals surface area (Å²) in [6.07, 6.45) is 31.6. The highest BCUT2D eigenvalue weighted by Crippen LogP contribution is 2.23.